The molecule has 0 spiro atoms. The van der Waals surface area contributed by atoms with Gasteiger partial charge in [0.25, 0.3) is 0 Å². The van der Waals surface area contributed by atoms with Crippen molar-refractivity contribution in [1.82, 2.24) is 0 Å². The van der Waals surface area contributed by atoms with Crippen LogP contribution in [0.5, 0.6) is 0 Å². The Labute approximate surface area is 163 Å². The molecule has 1 heterocycles. The van der Waals surface area contributed by atoms with Crippen molar-refractivity contribution in [3.05, 3.63) is 11.6 Å². The number of carbonyl (C=O) groups is 1. The summed E-state index contributed by atoms with van der Waals surface area (Å²) >= 11 is 0. The van der Waals surface area contributed by atoms with Crippen molar-refractivity contribution < 1.29 is 14.6 Å². The Morgan fingerprint density at radius 1 is 0.963 bits per heavy atom. The first-order valence-electron chi connectivity index (χ1n) is 11.3. The van der Waals surface area contributed by atoms with E-state index in [2.05, 4.69) is 20.8 Å². The lowest BCUT2D eigenvalue weighted by atomic mass is 9.38. The standard InChI is InChI=1S/C24H36O3/c1-22-10-11-24(3)20(5-4-16-13-17(25)8-9-23(16,24)2)19(22)7-6-18(22)15-12-21(26)27-14-15/h12,16-20,25H,4-11,13-14H2,1-3H3/t16-,17+,18-,19?,20?,22-,23+,24?/m1/s1. The Balaban J connectivity index is 1.46. The molecule has 1 aliphatic heterocycles. The second kappa shape index (κ2) is 5.84. The van der Waals surface area contributed by atoms with Gasteiger partial charge in [0.2, 0.25) is 0 Å². The molecule has 1 N–H and O–H groups in total. The van der Waals surface area contributed by atoms with Gasteiger partial charge >= 0.3 is 5.97 Å². The van der Waals surface area contributed by atoms with Crippen molar-refractivity contribution >= 4 is 5.97 Å². The highest BCUT2D eigenvalue weighted by Gasteiger charge is 2.65. The maximum Gasteiger partial charge on any atom is 0.331 e. The third-order valence-corrected chi connectivity index (χ3v) is 10.6. The first kappa shape index (κ1) is 18.2. The summed E-state index contributed by atoms with van der Waals surface area (Å²) in [6.45, 7) is 8.23. The second-order valence-corrected chi connectivity index (χ2v) is 11.2. The number of carbonyl (C=O) groups excluding carboxylic acids is 1. The molecule has 0 aromatic carbocycles. The highest BCUT2D eigenvalue weighted by Crippen LogP contribution is 2.73. The van der Waals surface area contributed by atoms with Crippen LogP contribution in [0.3, 0.4) is 0 Å². The minimum Gasteiger partial charge on any atom is -0.458 e. The summed E-state index contributed by atoms with van der Waals surface area (Å²) in [5.41, 5.74) is 2.40. The van der Waals surface area contributed by atoms with E-state index in [1.54, 1.807) is 6.08 Å². The van der Waals surface area contributed by atoms with E-state index in [4.69, 9.17) is 4.74 Å². The summed E-state index contributed by atoms with van der Waals surface area (Å²) in [5, 5.41) is 10.3. The molecule has 4 aliphatic carbocycles. The zero-order chi connectivity index (χ0) is 19.0. The van der Waals surface area contributed by atoms with Gasteiger partial charge in [-0.3, -0.25) is 0 Å². The molecule has 8 atom stereocenters. The Hall–Kier alpha value is -0.830. The quantitative estimate of drug-likeness (QED) is 0.667. The Kier molecular flexibility index (Phi) is 3.94. The molecular weight excluding hydrogens is 336 g/mol. The van der Waals surface area contributed by atoms with E-state index in [0.717, 1.165) is 24.7 Å². The van der Waals surface area contributed by atoms with E-state index in [0.29, 0.717) is 34.7 Å². The van der Waals surface area contributed by atoms with Crippen LogP contribution in [0, 0.1) is 39.9 Å². The predicted octanol–water partition coefficient (Wildman–Crippen LogP) is 4.88. The number of esters is 1. The maximum atomic E-state index is 11.7. The van der Waals surface area contributed by atoms with Crippen LogP contribution in [-0.4, -0.2) is 23.8 Å². The second-order valence-electron chi connectivity index (χ2n) is 11.2. The van der Waals surface area contributed by atoms with Gasteiger partial charge in [-0.2, -0.15) is 0 Å². The average Bonchev–Trinajstić information content (AvgIpc) is 3.19. The number of hydrogen-bond donors (Lipinski definition) is 1. The number of aliphatic hydroxyl groups excluding tert-OH is 1. The summed E-state index contributed by atoms with van der Waals surface area (Å²) in [4.78, 5) is 11.7. The zero-order valence-corrected chi connectivity index (χ0v) is 17.3. The van der Waals surface area contributed by atoms with Crippen molar-refractivity contribution in [2.24, 2.45) is 39.9 Å². The molecule has 3 heteroatoms. The first-order chi connectivity index (χ1) is 12.8. The van der Waals surface area contributed by atoms with Gasteiger partial charge in [0.05, 0.1) is 6.10 Å². The van der Waals surface area contributed by atoms with Gasteiger partial charge in [-0.15, -0.1) is 0 Å². The van der Waals surface area contributed by atoms with Crippen LogP contribution in [0.2, 0.25) is 0 Å². The smallest absolute Gasteiger partial charge is 0.331 e. The van der Waals surface area contributed by atoms with Crippen LogP contribution >= 0.6 is 0 Å². The number of hydrogen-bond acceptors (Lipinski definition) is 3. The third-order valence-electron chi connectivity index (χ3n) is 10.6. The van der Waals surface area contributed by atoms with Gasteiger partial charge in [0.15, 0.2) is 0 Å². The zero-order valence-electron chi connectivity index (χ0n) is 17.3. The average molecular weight is 373 g/mol. The molecule has 3 unspecified atom stereocenters. The highest BCUT2D eigenvalue weighted by atomic mass is 16.5. The fraction of sp³-hybridized carbons (Fsp3) is 0.875. The third kappa shape index (κ3) is 2.33. The molecule has 0 saturated heterocycles. The van der Waals surface area contributed by atoms with Crippen molar-refractivity contribution in [3.8, 4) is 0 Å². The van der Waals surface area contributed by atoms with Gasteiger partial charge in [-0.1, -0.05) is 20.8 Å². The van der Waals surface area contributed by atoms with Gasteiger partial charge < -0.3 is 9.84 Å². The molecule has 27 heavy (non-hydrogen) atoms. The van der Waals surface area contributed by atoms with E-state index in [1.165, 1.54) is 50.5 Å². The molecule has 0 bridgehead atoms. The summed E-state index contributed by atoms with van der Waals surface area (Å²) < 4.78 is 5.27. The van der Waals surface area contributed by atoms with E-state index < -0.39 is 0 Å². The molecule has 150 valence electrons. The van der Waals surface area contributed by atoms with E-state index in [1.807, 2.05) is 0 Å². The topological polar surface area (TPSA) is 46.5 Å². The normalized spacial score (nSPS) is 54.6. The van der Waals surface area contributed by atoms with Gasteiger partial charge in [-0.25, -0.2) is 4.79 Å². The minimum absolute atomic E-state index is 0.0696. The summed E-state index contributed by atoms with van der Waals surface area (Å²) in [5.74, 6) is 2.69. The fourth-order valence-electron chi connectivity index (χ4n) is 8.82. The summed E-state index contributed by atoms with van der Waals surface area (Å²) in [7, 11) is 0. The Bertz CT molecular complexity index is 683. The molecule has 0 radical (unpaired) electrons. The van der Waals surface area contributed by atoms with Gasteiger partial charge in [0, 0.05) is 6.08 Å². The number of ether oxygens (including phenoxy) is 1. The van der Waals surface area contributed by atoms with Crippen molar-refractivity contribution in [3.63, 3.8) is 0 Å². The molecule has 0 aromatic heterocycles. The van der Waals surface area contributed by atoms with Crippen LogP contribution in [-0.2, 0) is 9.53 Å². The summed E-state index contributed by atoms with van der Waals surface area (Å²) in [6.07, 6.45) is 12.7. The lowest BCUT2D eigenvalue weighted by Crippen LogP contribution is -2.60. The van der Waals surface area contributed by atoms with Crippen LogP contribution in [0.15, 0.2) is 11.6 Å². The molecule has 3 nitrogen and oxygen atoms in total. The molecule has 0 aromatic rings. The minimum atomic E-state index is -0.133. The predicted molar refractivity (Wildman–Crippen MR) is 105 cm³/mol. The number of aliphatic hydroxyl groups is 1. The largest absolute Gasteiger partial charge is 0.458 e. The van der Waals surface area contributed by atoms with Crippen molar-refractivity contribution in [1.29, 1.82) is 0 Å². The van der Waals surface area contributed by atoms with Crippen LogP contribution in [0.1, 0.15) is 78.6 Å². The molecular formula is C24H36O3. The fourth-order valence-corrected chi connectivity index (χ4v) is 8.82. The first-order valence-corrected chi connectivity index (χ1v) is 11.3. The summed E-state index contributed by atoms with van der Waals surface area (Å²) in [6, 6.07) is 0. The lowest BCUT2D eigenvalue weighted by molar-refractivity contribution is -0.183. The van der Waals surface area contributed by atoms with Crippen molar-refractivity contribution in [2.45, 2.75) is 84.7 Å². The van der Waals surface area contributed by atoms with Gasteiger partial charge in [-0.05, 0) is 103 Å². The molecule has 0 amide bonds. The molecule has 5 rings (SSSR count). The van der Waals surface area contributed by atoms with E-state index in [-0.39, 0.29) is 12.1 Å². The number of cyclic esters (lactones) is 1. The van der Waals surface area contributed by atoms with Crippen LogP contribution in [0.25, 0.3) is 0 Å². The molecule has 5 aliphatic rings. The molecule has 4 fully saturated rings. The Morgan fingerprint density at radius 2 is 1.74 bits per heavy atom. The Morgan fingerprint density at radius 3 is 2.48 bits per heavy atom. The number of rotatable bonds is 1. The SMILES string of the molecule is CC12CC[C@@]3(C)C(CC[C@@H]3C3=CC(=O)OC3)C1CC[C@@H]1C[C@@H](O)CC[C@@]12C. The molecule has 4 saturated carbocycles. The van der Waals surface area contributed by atoms with Crippen molar-refractivity contribution in [2.75, 3.05) is 6.61 Å². The van der Waals surface area contributed by atoms with Gasteiger partial charge in [0.1, 0.15) is 6.61 Å². The van der Waals surface area contributed by atoms with Crippen LogP contribution in [0.4, 0.5) is 0 Å². The monoisotopic (exact) mass is 372 g/mol. The van der Waals surface area contributed by atoms with E-state index >= 15 is 0 Å². The number of fused-ring (bicyclic) bond motifs is 5. The maximum absolute atomic E-state index is 11.7. The highest BCUT2D eigenvalue weighted by molar-refractivity contribution is 5.85. The lowest BCUT2D eigenvalue weighted by Gasteiger charge is -2.67. The van der Waals surface area contributed by atoms with Crippen LogP contribution < -0.4 is 0 Å². The van der Waals surface area contributed by atoms with E-state index in [9.17, 15) is 9.90 Å².